The minimum Gasteiger partial charge on any atom is -0.492 e. The third-order valence-corrected chi connectivity index (χ3v) is 4.18. The van der Waals surface area contributed by atoms with Gasteiger partial charge in [-0.05, 0) is 41.3 Å². The monoisotopic (exact) mass is 319 g/mol. The summed E-state index contributed by atoms with van der Waals surface area (Å²) >= 11 is 9.70. The van der Waals surface area contributed by atoms with Crippen molar-refractivity contribution >= 4 is 27.5 Å². The molecule has 0 aromatic heterocycles. The molecule has 0 unspecified atom stereocenters. The Morgan fingerprint density at radius 1 is 1.29 bits per heavy atom. The lowest BCUT2D eigenvalue weighted by molar-refractivity contribution is 0.240. The minimum absolute atomic E-state index is 0.379. The quantitative estimate of drug-likeness (QED) is 0.927. The van der Waals surface area contributed by atoms with Crippen molar-refractivity contribution in [2.75, 3.05) is 14.2 Å². The lowest BCUT2D eigenvalue weighted by atomic mass is 9.72. The van der Waals surface area contributed by atoms with Gasteiger partial charge in [0.05, 0.1) is 23.7 Å². The van der Waals surface area contributed by atoms with Gasteiger partial charge in [-0.25, -0.2) is 0 Å². The molecule has 0 aliphatic heterocycles. The molecule has 1 aliphatic carbocycles. The molecule has 1 aromatic carbocycles. The van der Waals surface area contributed by atoms with Crippen molar-refractivity contribution in [1.82, 2.24) is 0 Å². The highest BCUT2D eigenvalue weighted by Gasteiger charge is 2.40. The van der Waals surface area contributed by atoms with Crippen molar-refractivity contribution in [1.29, 1.82) is 0 Å². The van der Waals surface area contributed by atoms with Crippen LogP contribution in [0.4, 0.5) is 0 Å². The van der Waals surface area contributed by atoms with Gasteiger partial charge in [-0.1, -0.05) is 11.6 Å². The Morgan fingerprint density at radius 2 is 1.88 bits per heavy atom. The molecule has 0 atom stereocenters. The predicted octanol–water partition coefficient (Wildman–Crippen LogP) is 3.46. The first-order valence-electron chi connectivity index (χ1n) is 5.43. The molecule has 0 saturated heterocycles. The van der Waals surface area contributed by atoms with Gasteiger partial charge >= 0.3 is 0 Å². The van der Waals surface area contributed by atoms with Gasteiger partial charge in [0.2, 0.25) is 0 Å². The van der Waals surface area contributed by atoms with Crippen LogP contribution in [-0.4, -0.2) is 14.2 Å². The van der Waals surface area contributed by atoms with E-state index in [2.05, 4.69) is 15.9 Å². The van der Waals surface area contributed by atoms with E-state index in [9.17, 15) is 0 Å². The standard InChI is InChI=1S/C12H15BrClNO2/c1-16-10-7(13)6-8(14)9(11(10)17-2)12(15)4-3-5-12/h6H,3-5,15H2,1-2H3. The number of hydrogen-bond acceptors (Lipinski definition) is 3. The summed E-state index contributed by atoms with van der Waals surface area (Å²) in [5, 5.41) is 0.622. The second-order valence-corrected chi connectivity index (χ2v) is 5.55. The summed E-state index contributed by atoms with van der Waals surface area (Å²) in [5.74, 6) is 1.28. The lowest BCUT2D eigenvalue weighted by Crippen LogP contribution is -2.43. The molecule has 0 radical (unpaired) electrons. The zero-order valence-corrected chi connectivity index (χ0v) is 12.2. The average molecular weight is 321 g/mol. The molecule has 5 heteroatoms. The van der Waals surface area contributed by atoms with Crippen LogP contribution in [0.5, 0.6) is 11.5 Å². The number of halogens is 2. The van der Waals surface area contributed by atoms with Crippen molar-refractivity contribution < 1.29 is 9.47 Å². The molecule has 1 fully saturated rings. The summed E-state index contributed by atoms with van der Waals surface area (Å²) in [7, 11) is 3.20. The topological polar surface area (TPSA) is 44.5 Å². The van der Waals surface area contributed by atoms with Crippen molar-refractivity contribution in [3.05, 3.63) is 21.1 Å². The summed E-state index contributed by atoms with van der Waals surface area (Å²) in [6, 6.07) is 1.81. The van der Waals surface area contributed by atoms with Crippen molar-refractivity contribution in [3.8, 4) is 11.5 Å². The number of benzene rings is 1. The normalized spacial score (nSPS) is 17.5. The number of nitrogens with two attached hydrogens (primary N) is 1. The van der Waals surface area contributed by atoms with E-state index in [1.807, 2.05) is 6.07 Å². The second kappa shape index (κ2) is 4.67. The van der Waals surface area contributed by atoms with Crippen LogP contribution < -0.4 is 15.2 Å². The highest BCUT2D eigenvalue weighted by atomic mass is 79.9. The van der Waals surface area contributed by atoms with Crippen LogP contribution in [0.2, 0.25) is 5.02 Å². The summed E-state index contributed by atoms with van der Waals surface area (Å²) in [4.78, 5) is 0. The van der Waals surface area contributed by atoms with Crippen molar-refractivity contribution in [2.45, 2.75) is 24.8 Å². The van der Waals surface area contributed by atoms with Gasteiger partial charge < -0.3 is 15.2 Å². The molecule has 1 saturated carbocycles. The minimum atomic E-state index is -0.379. The molecule has 2 N–H and O–H groups in total. The fraction of sp³-hybridized carbons (Fsp3) is 0.500. The SMILES string of the molecule is COc1c(Br)cc(Cl)c(C2(N)CCC2)c1OC. The van der Waals surface area contributed by atoms with Gasteiger partial charge in [-0.2, -0.15) is 0 Å². The lowest BCUT2D eigenvalue weighted by Gasteiger charge is -2.40. The van der Waals surface area contributed by atoms with E-state index in [4.69, 9.17) is 26.8 Å². The molecule has 0 amide bonds. The van der Waals surface area contributed by atoms with Gasteiger partial charge in [-0.3, -0.25) is 0 Å². The van der Waals surface area contributed by atoms with Gasteiger partial charge in [0.25, 0.3) is 0 Å². The van der Waals surface area contributed by atoms with Gasteiger partial charge in [-0.15, -0.1) is 0 Å². The number of hydrogen-bond donors (Lipinski definition) is 1. The van der Waals surface area contributed by atoms with Crippen molar-refractivity contribution in [3.63, 3.8) is 0 Å². The van der Waals surface area contributed by atoms with E-state index in [1.54, 1.807) is 14.2 Å². The second-order valence-electron chi connectivity index (χ2n) is 4.29. The number of ether oxygens (including phenoxy) is 2. The summed E-state index contributed by atoms with van der Waals surface area (Å²) in [5.41, 5.74) is 6.82. The fourth-order valence-electron chi connectivity index (χ4n) is 2.24. The van der Waals surface area contributed by atoms with E-state index in [0.29, 0.717) is 16.5 Å². The Bertz CT molecular complexity index is 447. The largest absolute Gasteiger partial charge is 0.492 e. The first-order chi connectivity index (χ1) is 8.03. The molecular formula is C12H15BrClNO2. The van der Waals surface area contributed by atoms with Crippen LogP contribution in [-0.2, 0) is 5.54 Å². The van der Waals surface area contributed by atoms with E-state index < -0.39 is 0 Å². The molecule has 2 rings (SSSR count). The Balaban J connectivity index is 2.64. The third kappa shape index (κ3) is 2.02. The Morgan fingerprint density at radius 3 is 2.29 bits per heavy atom. The molecule has 94 valence electrons. The molecule has 3 nitrogen and oxygen atoms in total. The highest BCUT2D eigenvalue weighted by molar-refractivity contribution is 9.10. The average Bonchev–Trinajstić information content (AvgIpc) is 2.25. The molecule has 17 heavy (non-hydrogen) atoms. The van der Waals surface area contributed by atoms with E-state index >= 15 is 0 Å². The Hall–Kier alpha value is -0.450. The summed E-state index contributed by atoms with van der Waals surface area (Å²) in [6.45, 7) is 0. The first-order valence-corrected chi connectivity index (χ1v) is 6.60. The Labute approximate surface area is 114 Å². The third-order valence-electron chi connectivity index (χ3n) is 3.29. The smallest absolute Gasteiger partial charge is 0.175 e. The van der Waals surface area contributed by atoms with Gasteiger partial charge in [0, 0.05) is 11.1 Å². The van der Waals surface area contributed by atoms with Crippen LogP contribution in [0.15, 0.2) is 10.5 Å². The molecular weight excluding hydrogens is 305 g/mol. The zero-order valence-electron chi connectivity index (χ0n) is 9.85. The van der Waals surface area contributed by atoms with Crippen LogP contribution in [0, 0.1) is 0 Å². The maximum atomic E-state index is 6.34. The molecule has 0 heterocycles. The summed E-state index contributed by atoms with van der Waals surface area (Å²) in [6.07, 6.45) is 2.97. The maximum absolute atomic E-state index is 6.34. The van der Waals surface area contributed by atoms with Gasteiger partial charge in [0.1, 0.15) is 0 Å². The summed E-state index contributed by atoms with van der Waals surface area (Å²) < 4.78 is 11.5. The molecule has 1 aromatic rings. The zero-order chi connectivity index (χ0) is 12.6. The molecule has 0 bridgehead atoms. The van der Waals surface area contributed by atoms with Crippen LogP contribution >= 0.6 is 27.5 Å². The van der Waals surface area contributed by atoms with Crippen LogP contribution in [0.1, 0.15) is 24.8 Å². The van der Waals surface area contributed by atoms with E-state index in [0.717, 1.165) is 29.3 Å². The molecule has 1 aliphatic rings. The highest BCUT2D eigenvalue weighted by Crippen LogP contribution is 2.51. The maximum Gasteiger partial charge on any atom is 0.175 e. The fourth-order valence-corrected chi connectivity index (χ4v) is 3.32. The number of methoxy groups -OCH3 is 2. The molecule has 0 spiro atoms. The van der Waals surface area contributed by atoms with Crippen molar-refractivity contribution in [2.24, 2.45) is 5.73 Å². The first kappa shape index (κ1) is 13.0. The Kier molecular flexibility index (Phi) is 3.57. The van der Waals surface area contributed by atoms with Crippen LogP contribution in [0.25, 0.3) is 0 Å². The van der Waals surface area contributed by atoms with E-state index in [-0.39, 0.29) is 5.54 Å². The predicted molar refractivity (Wildman–Crippen MR) is 72.0 cm³/mol. The number of rotatable bonds is 3. The van der Waals surface area contributed by atoms with Crippen LogP contribution in [0.3, 0.4) is 0 Å². The van der Waals surface area contributed by atoms with E-state index in [1.165, 1.54) is 0 Å². The van der Waals surface area contributed by atoms with Gasteiger partial charge in [0.15, 0.2) is 11.5 Å².